The first-order valence-corrected chi connectivity index (χ1v) is 21.7. The number of nitrogens with two attached hydrogens (primary N) is 2. The molecule has 0 amide bonds. The van der Waals surface area contributed by atoms with Gasteiger partial charge in [0.2, 0.25) is 15.7 Å². The van der Waals surface area contributed by atoms with Gasteiger partial charge in [0.1, 0.15) is 17.1 Å². The maximum Gasteiger partial charge on any atom is 0.326 e. The van der Waals surface area contributed by atoms with Gasteiger partial charge >= 0.3 is 10.1 Å². The zero-order chi connectivity index (χ0) is 38.2. The van der Waals surface area contributed by atoms with Gasteiger partial charge in [-0.2, -0.15) is 27.3 Å². The molecule has 1 saturated heterocycles. The number of allylic oxidation sites excluding steroid dienone is 8. The Morgan fingerprint density at radius 1 is 0.962 bits per heavy atom. The van der Waals surface area contributed by atoms with E-state index in [4.69, 9.17) is 15.4 Å². The van der Waals surface area contributed by atoms with Crippen LogP contribution in [0.5, 0.6) is 0 Å². The van der Waals surface area contributed by atoms with E-state index in [-0.39, 0.29) is 22.5 Å². The highest BCUT2D eigenvalue weighted by Crippen LogP contribution is 2.61. The van der Waals surface area contributed by atoms with Crippen LogP contribution in [0.3, 0.4) is 0 Å². The molecule has 0 aromatic heterocycles. The standard InChI is InChI=1S/C34H40N4O10S4/c1-21-22(8-14-30-33(2,3)26-18-24(49-48-47-35)10-12-28(26)37(30)16-17-50(39,40)41)6-7-23(21)9-15-31-34(4,5)27-19-25(51(36,42)43)11-13-29(27)38(31)20-32(38)52(44,45)46/h8-15,18-19,32H,6-7,16-17,20,35H2,1-5H3,(H2-2,36,39,40,41,42,43,44,45,46)/p+2/b14-8+,23-9+,31-15+. The van der Waals surface area contributed by atoms with Crippen molar-refractivity contribution in [1.82, 2.24) is 4.48 Å². The fourth-order valence-electron chi connectivity index (χ4n) is 8.02. The van der Waals surface area contributed by atoms with Crippen molar-refractivity contribution in [2.75, 3.05) is 18.8 Å². The second kappa shape index (κ2) is 13.1. The molecule has 1 aliphatic carbocycles. The van der Waals surface area contributed by atoms with E-state index in [2.05, 4.69) is 4.99 Å². The Bertz CT molecular complexity index is 2380. The molecule has 2 aromatic rings. The Kier molecular flexibility index (Phi) is 9.74. The number of benzene rings is 2. The third-order valence-electron chi connectivity index (χ3n) is 10.7. The summed E-state index contributed by atoms with van der Waals surface area (Å²) in [4.78, 5) is 4.88. The molecule has 280 valence electrons. The minimum absolute atomic E-state index is 0.0298. The van der Waals surface area contributed by atoms with Gasteiger partial charge in [-0.15, -0.1) is 9.32 Å². The number of primary sulfonamides is 1. The molecule has 1 fully saturated rings. The van der Waals surface area contributed by atoms with Crippen molar-refractivity contribution in [3.8, 4) is 0 Å². The lowest BCUT2D eigenvalue weighted by molar-refractivity contribution is -0.432. The molecule has 2 aromatic carbocycles. The maximum atomic E-state index is 12.5. The normalized spacial score (nSPS) is 25.3. The highest BCUT2D eigenvalue weighted by Gasteiger charge is 2.73. The van der Waals surface area contributed by atoms with E-state index in [9.17, 15) is 34.4 Å². The van der Waals surface area contributed by atoms with Crippen molar-refractivity contribution in [2.24, 2.45) is 11.0 Å². The molecule has 0 radical (unpaired) electrons. The molecule has 6 rings (SSSR count). The summed E-state index contributed by atoms with van der Waals surface area (Å²) in [6, 6.07) is 10.0. The summed E-state index contributed by atoms with van der Waals surface area (Å²) in [5.74, 6) is 4.54. The van der Waals surface area contributed by atoms with Crippen LogP contribution in [0.4, 0.5) is 11.4 Å². The molecule has 14 nitrogen and oxygen atoms in total. The van der Waals surface area contributed by atoms with Crippen LogP contribution in [0.15, 0.2) is 92.9 Å². The monoisotopic (exact) mass is 794 g/mol. The number of sulfonamides is 1. The minimum atomic E-state index is -4.43. The van der Waals surface area contributed by atoms with Crippen molar-refractivity contribution >= 4 is 59.4 Å². The number of fused-ring (bicyclic) bond motifs is 3. The van der Waals surface area contributed by atoms with Crippen LogP contribution in [0, 0.1) is 0 Å². The summed E-state index contributed by atoms with van der Waals surface area (Å²) >= 11 is 0.938. The lowest BCUT2D eigenvalue weighted by Gasteiger charge is -2.22. The van der Waals surface area contributed by atoms with E-state index in [1.165, 1.54) is 12.1 Å². The average molecular weight is 795 g/mol. The van der Waals surface area contributed by atoms with E-state index < -0.39 is 52.2 Å². The molecule has 3 heterocycles. The van der Waals surface area contributed by atoms with E-state index in [0.717, 1.165) is 57.0 Å². The lowest BCUT2D eigenvalue weighted by atomic mass is 9.81. The smallest absolute Gasteiger partial charge is 0.285 e. The fourth-order valence-corrected chi connectivity index (χ4v) is 10.5. The second-order valence-electron chi connectivity index (χ2n) is 14.5. The number of quaternary nitrogens is 1. The number of nitrogens with zero attached hydrogens (tertiary/aromatic N) is 2. The van der Waals surface area contributed by atoms with Crippen molar-refractivity contribution in [1.29, 1.82) is 0 Å². The fraction of sp³-hybridized carbons (Fsp3) is 0.382. The zero-order valence-corrected chi connectivity index (χ0v) is 32.5. The summed E-state index contributed by atoms with van der Waals surface area (Å²) < 4.78 is 99.2. The van der Waals surface area contributed by atoms with Crippen LogP contribution in [0.2, 0.25) is 0 Å². The predicted molar refractivity (Wildman–Crippen MR) is 198 cm³/mol. The molecular formula is C34H42N4O10S4+2. The molecule has 6 N–H and O–H groups in total. The van der Waals surface area contributed by atoms with Crippen molar-refractivity contribution in [2.45, 2.75) is 73.5 Å². The summed E-state index contributed by atoms with van der Waals surface area (Å²) in [6.07, 6.45) is 9.27. The van der Waals surface area contributed by atoms with Crippen LogP contribution in [-0.2, 0) is 50.4 Å². The van der Waals surface area contributed by atoms with Gasteiger partial charge in [-0.05, 0) is 94.5 Å². The Balaban J connectivity index is 1.37. The van der Waals surface area contributed by atoms with Crippen LogP contribution in [0.25, 0.3) is 0 Å². The number of rotatable bonds is 11. The van der Waals surface area contributed by atoms with Crippen LogP contribution in [-0.4, -0.2) is 68.9 Å². The summed E-state index contributed by atoms with van der Waals surface area (Å²) in [6.45, 7) is 10.00. The molecule has 18 heteroatoms. The highest BCUT2D eigenvalue weighted by atomic mass is 32.2. The Morgan fingerprint density at radius 2 is 1.67 bits per heavy atom. The first-order valence-electron chi connectivity index (χ1n) is 16.3. The first-order chi connectivity index (χ1) is 24.0. The van der Waals surface area contributed by atoms with Crippen LogP contribution in [0.1, 0.15) is 58.6 Å². The SMILES string of the molecule is CC1=C(/C=C/C2=[N+](CCS(=O)(=O)O)c3ccc(SOON)cc3C2(C)C)CC/C1=C\C=C1/C(C)(C)c2cc(S(N)(=O)=O)ccc2[N+]12CC2S(=O)(=O)O. The summed E-state index contributed by atoms with van der Waals surface area (Å²) in [5, 5.41) is 4.31. The van der Waals surface area contributed by atoms with Crippen LogP contribution < -0.4 is 15.5 Å². The third-order valence-corrected chi connectivity index (χ3v) is 14.1. The molecule has 52 heavy (non-hydrogen) atoms. The summed E-state index contributed by atoms with van der Waals surface area (Å²) in [5.41, 5.74) is 6.23. The molecule has 2 unspecified atom stereocenters. The van der Waals surface area contributed by atoms with Gasteiger partial charge in [0, 0.05) is 34.2 Å². The quantitative estimate of drug-likeness (QED) is 0.0473. The van der Waals surface area contributed by atoms with Gasteiger partial charge in [0.05, 0.1) is 27.8 Å². The van der Waals surface area contributed by atoms with Crippen LogP contribution >= 0.6 is 12.0 Å². The van der Waals surface area contributed by atoms with E-state index in [1.807, 2.05) is 75.6 Å². The largest absolute Gasteiger partial charge is 0.326 e. The molecule has 0 saturated carbocycles. The van der Waals surface area contributed by atoms with E-state index in [0.29, 0.717) is 23.4 Å². The van der Waals surface area contributed by atoms with E-state index in [1.54, 1.807) is 12.1 Å². The average Bonchev–Trinajstić information content (AvgIpc) is 3.60. The highest BCUT2D eigenvalue weighted by molar-refractivity contribution is 7.94. The molecule has 2 atom stereocenters. The zero-order valence-electron chi connectivity index (χ0n) is 29.2. The molecular weight excluding hydrogens is 753 g/mol. The second-order valence-corrected chi connectivity index (χ2v) is 20.0. The Morgan fingerprint density at radius 3 is 2.29 bits per heavy atom. The number of hydrogen-bond donors (Lipinski definition) is 4. The van der Waals surface area contributed by atoms with Gasteiger partial charge in [-0.25, -0.2) is 18.0 Å². The molecule has 1 spiro atoms. The van der Waals surface area contributed by atoms with Gasteiger partial charge in [0.25, 0.3) is 15.5 Å². The Labute approximate surface area is 308 Å². The van der Waals surface area contributed by atoms with E-state index >= 15 is 0 Å². The van der Waals surface area contributed by atoms with Crippen molar-refractivity contribution in [3.63, 3.8) is 0 Å². The van der Waals surface area contributed by atoms with Gasteiger partial charge in [0.15, 0.2) is 18.8 Å². The Hall–Kier alpha value is -3.01. The van der Waals surface area contributed by atoms with Gasteiger partial charge < -0.3 is 0 Å². The third kappa shape index (κ3) is 6.79. The molecule has 4 aliphatic rings. The number of hydrogen-bond acceptors (Lipinski definition) is 10. The molecule has 0 bridgehead atoms. The first kappa shape index (κ1) is 38.7. The summed E-state index contributed by atoms with van der Waals surface area (Å²) in [7, 11) is -12.7. The minimum Gasteiger partial charge on any atom is -0.285 e. The van der Waals surface area contributed by atoms with Crippen molar-refractivity contribution in [3.05, 3.63) is 94.2 Å². The maximum absolute atomic E-state index is 12.5. The topological polar surface area (TPSA) is 216 Å². The lowest BCUT2D eigenvalue weighted by Crippen LogP contribution is -2.33. The van der Waals surface area contributed by atoms with Gasteiger partial charge in [-0.3, -0.25) is 9.11 Å². The van der Waals surface area contributed by atoms with Crippen molar-refractivity contribution < 1.29 is 48.3 Å². The van der Waals surface area contributed by atoms with Gasteiger partial charge in [-0.1, -0.05) is 12.2 Å². The molecule has 3 aliphatic heterocycles. The predicted octanol–water partition coefficient (Wildman–Crippen LogP) is 4.43.